The Morgan fingerprint density at radius 1 is 1.24 bits per heavy atom. The van der Waals surface area contributed by atoms with Crippen LogP contribution < -0.4 is 4.90 Å². The molecule has 0 radical (unpaired) electrons. The van der Waals surface area contributed by atoms with Crippen molar-refractivity contribution in [2.75, 3.05) is 31.6 Å². The maximum Gasteiger partial charge on any atom is 0.323 e. The number of hydrogen-bond donors (Lipinski definition) is 0. The smallest absolute Gasteiger partial charge is 0.323 e. The van der Waals surface area contributed by atoms with E-state index in [-0.39, 0.29) is 17.9 Å². The fraction of sp³-hybridized carbons (Fsp3) is 0.320. The maximum atomic E-state index is 13.3. The van der Waals surface area contributed by atoms with E-state index in [1.165, 1.54) is 29.8 Å². The molecule has 4 aromatic rings. The molecule has 34 heavy (non-hydrogen) atoms. The number of carbonyl (C=O) groups excluding carboxylic acids is 2. The van der Waals surface area contributed by atoms with Gasteiger partial charge in [0.2, 0.25) is 0 Å². The SMILES string of the molecule is COC(=O)C1CCCN1CCCN(C(=O)c1cccs1)c1nc(-c2cc3ccccc3o2)cs1. The molecule has 0 spiro atoms. The summed E-state index contributed by atoms with van der Waals surface area (Å²) >= 11 is 2.85. The monoisotopic (exact) mass is 495 g/mol. The van der Waals surface area contributed by atoms with Crippen LogP contribution in [0.15, 0.2) is 57.6 Å². The number of furan rings is 1. The molecule has 0 N–H and O–H groups in total. The Bertz CT molecular complexity index is 1250. The van der Waals surface area contributed by atoms with E-state index in [0.29, 0.717) is 28.0 Å². The number of fused-ring (bicyclic) bond motifs is 1. The molecule has 176 valence electrons. The number of thiazole rings is 1. The third-order valence-electron chi connectivity index (χ3n) is 6.04. The van der Waals surface area contributed by atoms with E-state index in [2.05, 4.69) is 4.90 Å². The predicted molar refractivity (Wildman–Crippen MR) is 135 cm³/mol. The summed E-state index contributed by atoms with van der Waals surface area (Å²) in [6.07, 6.45) is 2.52. The summed E-state index contributed by atoms with van der Waals surface area (Å²) < 4.78 is 10.9. The van der Waals surface area contributed by atoms with Gasteiger partial charge in [0.15, 0.2) is 10.9 Å². The number of amides is 1. The van der Waals surface area contributed by atoms with Crippen LogP contribution in [0.4, 0.5) is 5.13 Å². The van der Waals surface area contributed by atoms with Gasteiger partial charge in [-0.15, -0.1) is 22.7 Å². The Labute approximate surface area is 205 Å². The zero-order valence-corrected chi connectivity index (χ0v) is 20.4. The van der Waals surface area contributed by atoms with E-state index in [0.717, 1.165) is 43.3 Å². The van der Waals surface area contributed by atoms with E-state index in [1.807, 2.05) is 53.2 Å². The first kappa shape index (κ1) is 22.8. The molecule has 0 aliphatic carbocycles. The van der Waals surface area contributed by atoms with Crippen LogP contribution in [0.2, 0.25) is 0 Å². The van der Waals surface area contributed by atoms with Gasteiger partial charge in [-0.1, -0.05) is 24.3 Å². The lowest BCUT2D eigenvalue weighted by atomic mass is 10.2. The lowest BCUT2D eigenvalue weighted by molar-refractivity contribution is -0.145. The minimum absolute atomic E-state index is 0.0635. The second kappa shape index (κ2) is 10.1. The number of esters is 1. The Balaban J connectivity index is 1.34. The maximum absolute atomic E-state index is 13.3. The molecule has 1 unspecified atom stereocenters. The Morgan fingerprint density at radius 3 is 2.91 bits per heavy atom. The van der Waals surface area contributed by atoms with Crippen molar-refractivity contribution in [2.24, 2.45) is 0 Å². The Kier molecular flexibility index (Phi) is 6.75. The van der Waals surface area contributed by atoms with Gasteiger partial charge in [-0.05, 0) is 49.4 Å². The summed E-state index contributed by atoms with van der Waals surface area (Å²) in [5.74, 6) is 0.441. The van der Waals surface area contributed by atoms with Gasteiger partial charge < -0.3 is 9.15 Å². The lowest BCUT2D eigenvalue weighted by Crippen LogP contribution is -2.39. The number of ether oxygens (including phenoxy) is 1. The zero-order valence-electron chi connectivity index (χ0n) is 18.8. The molecule has 1 atom stereocenters. The van der Waals surface area contributed by atoms with Crippen molar-refractivity contribution in [1.29, 1.82) is 0 Å². The third-order valence-corrected chi connectivity index (χ3v) is 7.76. The summed E-state index contributed by atoms with van der Waals surface area (Å²) in [4.78, 5) is 34.7. The first-order chi connectivity index (χ1) is 16.6. The van der Waals surface area contributed by atoms with Crippen molar-refractivity contribution in [3.8, 4) is 11.5 Å². The van der Waals surface area contributed by atoms with Crippen molar-refractivity contribution in [3.63, 3.8) is 0 Å². The van der Waals surface area contributed by atoms with Gasteiger partial charge in [-0.2, -0.15) is 0 Å². The van der Waals surface area contributed by atoms with Crippen molar-refractivity contribution in [2.45, 2.75) is 25.3 Å². The quantitative estimate of drug-likeness (QED) is 0.309. The molecule has 3 aromatic heterocycles. The molecule has 1 fully saturated rings. The van der Waals surface area contributed by atoms with Crippen LogP contribution in [0.25, 0.3) is 22.4 Å². The lowest BCUT2D eigenvalue weighted by Gasteiger charge is -2.24. The molecule has 1 aliphatic heterocycles. The molecule has 0 saturated carbocycles. The highest BCUT2D eigenvalue weighted by atomic mass is 32.1. The van der Waals surface area contributed by atoms with Gasteiger partial charge in [0.05, 0.1) is 12.0 Å². The highest BCUT2D eigenvalue weighted by Gasteiger charge is 2.31. The van der Waals surface area contributed by atoms with E-state index in [9.17, 15) is 9.59 Å². The number of nitrogens with zero attached hydrogens (tertiary/aromatic N) is 3. The summed E-state index contributed by atoms with van der Waals surface area (Å²) in [6.45, 7) is 2.09. The van der Waals surface area contributed by atoms with Crippen molar-refractivity contribution in [1.82, 2.24) is 9.88 Å². The van der Waals surface area contributed by atoms with Crippen LogP contribution in [0, 0.1) is 0 Å². The van der Waals surface area contributed by atoms with Gasteiger partial charge in [-0.25, -0.2) is 4.98 Å². The number of benzene rings is 1. The van der Waals surface area contributed by atoms with Crippen LogP contribution in [0.5, 0.6) is 0 Å². The first-order valence-electron chi connectivity index (χ1n) is 11.3. The summed E-state index contributed by atoms with van der Waals surface area (Å²) in [7, 11) is 1.43. The van der Waals surface area contributed by atoms with E-state index < -0.39 is 0 Å². The molecule has 9 heteroatoms. The average Bonchev–Trinajstić information content (AvgIpc) is 3.67. The largest absolute Gasteiger partial charge is 0.468 e. The number of likely N-dealkylation sites (tertiary alicyclic amines) is 1. The predicted octanol–water partition coefficient (Wildman–Crippen LogP) is 5.29. The molecule has 4 heterocycles. The molecule has 0 bridgehead atoms. The summed E-state index contributed by atoms with van der Waals surface area (Å²) in [6, 6.07) is 13.3. The van der Waals surface area contributed by atoms with Crippen LogP contribution in [-0.2, 0) is 9.53 Å². The van der Waals surface area contributed by atoms with Crippen molar-refractivity contribution in [3.05, 3.63) is 58.1 Å². The van der Waals surface area contributed by atoms with Gasteiger partial charge >= 0.3 is 5.97 Å². The van der Waals surface area contributed by atoms with Gasteiger partial charge in [0.25, 0.3) is 5.91 Å². The fourth-order valence-electron chi connectivity index (χ4n) is 4.36. The van der Waals surface area contributed by atoms with E-state index in [4.69, 9.17) is 14.1 Å². The number of anilines is 1. The van der Waals surface area contributed by atoms with Crippen LogP contribution >= 0.6 is 22.7 Å². The molecular formula is C25H25N3O4S2. The molecule has 1 aromatic carbocycles. The van der Waals surface area contributed by atoms with E-state index >= 15 is 0 Å². The Morgan fingerprint density at radius 2 is 2.12 bits per heavy atom. The van der Waals surface area contributed by atoms with Gasteiger partial charge in [0.1, 0.15) is 17.3 Å². The van der Waals surface area contributed by atoms with Crippen LogP contribution in [0.3, 0.4) is 0 Å². The third kappa shape index (κ3) is 4.64. The summed E-state index contributed by atoms with van der Waals surface area (Å²) in [5, 5.41) is 5.48. The number of thiophene rings is 1. The van der Waals surface area contributed by atoms with Crippen molar-refractivity contribution < 1.29 is 18.7 Å². The van der Waals surface area contributed by atoms with Crippen molar-refractivity contribution >= 4 is 50.7 Å². The van der Waals surface area contributed by atoms with Crippen LogP contribution in [-0.4, -0.2) is 54.5 Å². The number of rotatable bonds is 8. The molecular weight excluding hydrogens is 470 g/mol. The first-order valence-corrected chi connectivity index (χ1v) is 13.0. The normalized spacial score (nSPS) is 16.2. The van der Waals surface area contributed by atoms with Gasteiger partial charge in [0, 0.05) is 23.9 Å². The van der Waals surface area contributed by atoms with Gasteiger partial charge in [-0.3, -0.25) is 19.4 Å². The van der Waals surface area contributed by atoms with Crippen LogP contribution in [0.1, 0.15) is 28.9 Å². The molecule has 1 aliphatic rings. The standard InChI is InChI=1S/C25H25N3O4S2/c1-31-24(30)19-8-4-11-27(19)12-6-13-28(23(29)22-10-5-14-33-22)25-26-18(16-34-25)21-15-17-7-2-3-9-20(17)32-21/h2-3,5,7,9-10,14-16,19H,4,6,8,11-13H2,1H3. The fourth-order valence-corrected chi connectivity index (χ4v) is 5.87. The molecule has 1 amide bonds. The zero-order chi connectivity index (χ0) is 23.5. The minimum atomic E-state index is -0.189. The number of methoxy groups -OCH3 is 1. The summed E-state index contributed by atoms with van der Waals surface area (Å²) in [5.41, 5.74) is 1.52. The molecule has 1 saturated heterocycles. The number of aromatic nitrogens is 1. The van der Waals surface area contributed by atoms with E-state index in [1.54, 1.807) is 4.90 Å². The second-order valence-corrected chi connectivity index (χ2v) is 9.95. The molecule has 5 rings (SSSR count). The molecule has 7 nitrogen and oxygen atoms in total. The topological polar surface area (TPSA) is 75.9 Å². The Hall–Kier alpha value is -3.01. The number of para-hydroxylation sites is 1. The number of hydrogen-bond acceptors (Lipinski definition) is 8. The highest BCUT2D eigenvalue weighted by Crippen LogP contribution is 2.32. The average molecular weight is 496 g/mol. The highest BCUT2D eigenvalue weighted by molar-refractivity contribution is 7.14. The second-order valence-electron chi connectivity index (χ2n) is 8.17. The number of carbonyl (C=O) groups is 2. The minimum Gasteiger partial charge on any atom is -0.468 e.